The average Bonchev–Trinajstić information content (AvgIpc) is 2.53. The fourth-order valence-corrected chi connectivity index (χ4v) is 1.86. The Morgan fingerprint density at radius 2 is 2.05 bits per heavy atom. The lowest BCUT2D eigenvalue weighted by Gasteiger charge is -2.11. The van der Waals surface area contributed by atoms with Gasteiger partial charge < -0.3 is 10.5 Å². The molecule has 2 aromatic rings. The molecule has 0 unspecified atom stereocenters. The summed E-state index contributed by atoms with van der Waals surface area (Å²) in [5.74, 6) is 0.754. The van der Waals surface area contributed by atoms with E-state index in [1.165, 1.54) is 0 Å². The molecule has 4 nitrogen and oxygen atoms in total. The fraction of sp³-hybridized carbons (Fsp3) is 0.250. The third kappa shape index (κ3) is 3.34. The van der Waals surface area contributed by atoms with Crippen molar-refractivity contribution in [3.63, 3.8) is 0 Å². The number of nitrogens with zero attached hydrogens (tertiary/aromatic N) is 2. The topological polar surface area (TPSA) is 71.9 Å². The van der Waals surface area contributed by atoms with E-state index in [4.69, 9.17) is 15.7 Å². The standard InChI is InChI=1S/C16H17N3O/c1-2-15(18)12-5-7-14(8-6-12)20-11-13-4-3-9-19-16(13)10-17/h3-9,15H,2,11,18H2,1H3/t15-/m0/s1. The number of nitrogens with two attached hydrogens (primary N) is 1. The Kier molecular flexibility index (Phi) is 4.70. The van der Waals surface area contributed by atoms with Crippen molar-refractivity contribution in [2.75, 3.05) is 0 Å². The number of aromatic nitrogens is 1. The molecule has 0 saturated heterocycles. The maximum Gasteiger partial charge on any atom is 0.147 e. The van der Waals surface area contributed by atoms with Crippen LogP contribution in [0, 0.1) is 11.3 Å². The van der Waals surface area contributed by atoms with Crippen molar-refractivity contribution in [2.24, 2.45) is 5.73 Å². The minimum Gasteiger partial charge on any atom is -0.489 e. The molecule has 1 aromatic heterocycles. The minimum absolute atomic E-state index is 0.0626. The molecule has 0 amide bonds. The van der Waals surface area contributed by atoms with Gasteiger partial charge in [-0.3, -0.25) is 0 Å². The van der Waals surface area contributed by atoms with Crippen LogP contribution in [0.1, 0.15) is 36.2 Å². The van der Waals surface area contributed by atoms with Gasteiger partial charge in [0.25, 0.3) is 0 Å². The lowest BCUT2D eigenvalue weighted by Crippen LogP contribution is -2.08. The molecule has 0 radical (unpaired) electrons. The molecule has 0 aliphatic carbocycles. The third-order valence-corrected chi connectivity index (χ3v) is 3.14. The Balaban J connectivity index is 2.03. The molecule has 1 heterocycles. The number of nitriles is 1. The molecule has 0 fully saturated rings. The molecule has 0 aliphatic heterocycles. The summed E-state index contributed by atoms with van der Waals surface area (Å²) in [6.07, 6.45) is 2.50. The van der Waals surface area contributed by atoms with Crippen LogP contribution in [0.2, 0.25) is 0 Å². The van der Waals surface area contributed by atoms with Crippen LogP contribution in [0.4, 0.5) is 0 Å². The molecular formula is C16H17N3O. The van der Waals surface area contributed by atoms with E-state index < -0.39 is 0 Å². The summed E-state index contributed by atoms with van der Waals surface area (Å²) in [5, 5.41) is 8.96. The van der Waals surface area contributed by atoms with E-state index in [9.17, 15) is 0 Å². The van der Waals surface area contributed by atoms with Gasteiger partial charge in [-0.1, -0.05) is 25.1 Å². The lowest BCUT2D eigenvalue weighted by atomic mass is 10.1. The second kappa shape index (κ2) is 6.69. The van der Waals surface area contributed by atoms with Gasteiger partial charge in [0.2, 0.25) is 0 Å². The molecular weight excluding hydrogens is 250 g/mol. The Bertz CT molecular complexity index is 602. The summed E-state index contributed by atoms with van der Waals surface area (Å²) in [6, 6.07) is 13.5. The third-order valence-electron chi connectivity index (χ3n) is 3.14. The van der Waals surface area contributed by atoms with E-state index in [0.29, 0.717) is 12.3 Å². The fourth-order valence-electron chi connectivity index (χ4n) is 1.86. The van der Waals surface area contributed by atoms with Crippen LogP contribution in [0.25, 0.3) is 0 Å². The van der Waals surface area contributed by atoms with E-state index in [1.807, 2.05) is 30.3 Å². The van der Waals surface area contributed by atoms with E-state index in [0.717, 1.165) is 23.3 Å². The van der Waals surface area contributed by atoms with Gasteiger partial charge in [-0.05, 0) is 30.2 Å². The van der Waals surface area contributed by atoms with Gasteiger partial charge in [-0.25, -0.2) is 4.98 Å². The maximum absolute atomic E-state index is 8.96. The van der Waals surface area contributed by atoms with Gasteiger partial charge in [-0.15, -0.1) is 0 Å². The Labute approximate surface area is 118 Å². The first-order chi connectivity index (χ1) is 9.74. The van der Waals surface area contributed by atoms with E-state index in [1.54, 1.807) is 12.3 Å². The number of pyridine rings is 1. The van der Waals surface area contributed by atoms with Crippen LogP contribution in [0.5, 0.6) is 5.75 Å². The van der Waals surface area contributed by atoms with Gasteiger partial charge in [0.1, 0.15) is 24.1 Å². The monoisotopic (exact) mass is 267 g/mol. The molecule has 20 heavy (non-hydrogen) atoms. The second-order valence-corrected chi connectivity index (χ2v) is 4.50. The zero-order valence-electron chi connectivity index (χ0n) is 11.4. The van der Waals surface area contributed by atoms with Crippen molar-refractivity contribution in [1.82, 2.24) is 4.98 Å². The zero-order chi connectivity index (χ0) is 14.4. The SMILES string of the molecule is CC[C@H](N)c1ccc(OCc2cccnc2C#N)cc1. The van der Waals surface area contributed by atoms with Crippen molar-refractivity contribution in [2.45, 2.75) is 26.0 Å². The number of benzene rings is 1. The number of hydrogen-bond acceptors (Lipinski definition) is 4. The Hall–Kier alpha value is -2.38. The van der Waals surface area contributed by atoms with Crippen molar-refractivity contribution in [3.05, 3.63) is 59.4 Å². The zero-order valence-corrected chi connectivity index (χ0v) is 11.4. The largest absolute Gasteiger partial charge is 0.489 e. The summed E-state index contributed by atoms with van der Waals surface area (Å²) in [7, 11) is 0. The van der Waals surface area contributed by atoms with Crippen molar-refractivity contribution >= 4 is 0 Å². The molecule has 1 aromatic carbocycles. The molecule has 0 spiro atoms. The van der Waals surface area contributed by atoms with E-state index >= 15 is 0 Å². The molecule has 2 N–H and O–H groups in total. The molecule has 2 rings (SSSR count). The van der Waals surface area contributed by atoms with Crippen molar-refractivity contribution in [3.8, 4) is 11.8 Å². The highest BCUT2D eigenvalue weighted by Crippen LogP contribution is 2.19. The smallest absolute Gasteiger partial charge is 0.147 e. The van der Waals surface area contributed by atoms with Crippen molar-refractivity contribution < 1.29 is 4.74 Å². The van der Waals surface area contributed by atoms with E-state index in [2.05, 4.69) is 18.0 Å². The number of rotatable bonds is 5. The van der Waals surface area contributed by atoms with Gasteiger partial charge in [0.15, 0.2) is 0 Å². The average molecular weight is 267 g/mol. The Morgan fingerprint density at radius 3 is 2.70 bits per heavy atom. The highest BCUT2D eigenvalue weighted by atomic mass is 16.5. The van der Waals surface area contributed by atoms with Crippen LogP contribution in [-0.4, -0.2) is 4.98 Å². The molecule has 0 saturated carbocycles. The predicted octanol–water partition coefficient (Wildman–Crippen LogP) is 2.94. The first-order valence-corrected chi connectivity index (χ1v) is 6.57. The van der Waals surface area contributed by atoms with E-state index in [-0.39, 0.29) is 6.04 Å². The molecule has 4 heteroatoms. The van der Waals surface area contributed by atoms with Crippen molar-refractivity contribution in [1.29, 1.82) is 5.26 Å². The number of ether oxygens (including phenoxy) is 1. The lowest BCUT2D eigenvalue weighted by molar-refractivity contribution is 0.305. The van der Waals surface area contributed by atoms with Crippen LogP contribution in [0.15, 0.2) is 42.6 Å². The Morgan fingerprint density at radius 1 is 1.30 bits per heavy atom. The van der Waals surface area contributed by atoms with Crippen LogP contribution in [-0.2, 0) is 6.61 Å². The summed E-state index contributed by atoms with van der Waals surface area (Å²) in [4.78, 5) is 4.00. The summed E-state index contributed by atoms with van der Waals surface area (Å²) in [5.41, 5.74) is 8.24. The summed E-state index contributed by atoms with van der Waals surface area (Å²) < 4.78 is 5.67. The van der Waals surface area contributed by atoms with Gasteiger partial charge in [-0.2, -0.15) is 5.26 Å². The quantitative estimate of drug-likeness (QED) is 0.904. The first-order valence-electron chi connectivity index (χ1n) is 6.57. The highest BCUT2D eigenvalue weighted by Gasteiger charge is 2.05. The molecule has 1 atom stereocenters. The normalized spacial score (nSPS) is 11.7. The van der Waals surface area contributed by atoms with Crippen LogP contribution < -0.4 is 10.5 Å². The molecule has 0 bridgehead atoms. The second-order valence-electron chi connectivity index (χ2n) is 4.50. The maximum atomic E-state index is 8.96. The summed E-state index contributed by atoms with van der Waals surface area (Å²) in [6.45, 7) is 2.39. The first kappa shape index (κ1) is 14.0. The van der Waals surface area contributed by atoms with Gasteiger partial charge >= 0.3 is 0 Å². The minimum atomic E-state index is 0.0626. The number of hydrogen-bond donors (Lipinski definition) is 1. The predicted molar refractivity (Wildman–Crippen MR) is 76.9 cm³/mol. The van der Waals surface area contributed by atoms with Gasteiger partial charge in [0.05, 0.1) is 0 Å². The summed E-state index contributed by atoms with van der Waals surface area (Å²) >= 11 is 0. The van der Waals surface area contributed by atoms with Crippen LogP contribution in [0.3, 0.4) is 0 Å². The highest BCUT2D eigenvalue weighted by molar-refractivity contribution is 5.32. The molecule has 0 aliphatic rings. The molecule has 102 valence electrons. The van der Waals surface area contributed by atoms with Crippen LogP contribution >= 0.6 is 0 Å². The van der Waals surface area contributed by atoms with Gasteiger partial charge in [0, 0.05) is 17.8 Å².